The van der Waals surface area contributed by atoms with Gasteiger partial charge >= 0.3 is 0 Å². The van der Waals surface area contributed by atoms with Crippen LogP contribution in [0.5, 0.6) is 5.75 Å². The van der Waals surface area contributed by atoms with E-state index in [0.717, 1.165) is 48.6 Å². The van der Waals surface area contributed by atoms with Crippen molar-refractivity contribution in [3.8, 4) is 16.9 Å². The lowest BCUT2D eigenvalue weighted by Gasteiger charge is -2.37. The monoisotopic (exact) mass is 444 g/mol. The summed E-state index contributed by atoms with van der Waals surface area (Å²) >= 11 is 1.64. The fourth-order valence-corrected chi connectivity index (χ4v) is 4.20. The van der Waals surface area contributed by atoms with Crippen LogP contribution in [0.25, 0.3) is 22.2 Å². The predicted octanol–water partition coefficient (Wildman–Crippen LogP) is 4.73. The van der Waals surface area contributed by atoms with Gasteiger partial charge in [0.05, 0.1) is 12.0 Å². The molecule has 0 spiro atoms. The van der Waals surface area contributed by atoms with E-state index in [0.29, 0.717) is 0 Å². The van der Waals surface area contributed by atoms with E-state index in [1.54, 1.807) is 11.9 Å². The number of benzene rings is 1. The maximum Gasteiger partial charge on any atom is 0.141 e. The second-order valence-electron chi connectivity index (χ2n) is 8.36. The number of rotatable bonds is 7. The number of pyridine rings is 1. The molecule has 1 saturated heterocycles. The Kier molecular flexibility index (Phi) is 8.34. The number of ether oxygens (including phenoxy) is 1. The summed E-state index contributed by atoms with van der Waals surface area (Å²) in [6.07, 6.45) is 8.25. The van der Waals surface area contributed by atoms with Crippen LogP contribution in [0.2, 0.25) is 0 Å². The third-order valence-corrected chi connectivity index (χ3v) is 6.42. The molecular weight excluding hydrogens is 412 g/mol. The molecule has 0 atom stereocenters. The van der Waals surface area contributed by atoms with Crippen LogP contribution in [-0.2, 0) is 6.54 Å². The van der Waals surface area contributed by atoms with Crippen LogP contribution in [0.15, 0.2) is 42.7 Å². The molecule has 1 aromatic carbocycles. The van der Waals surface area contributed by atoms with Crippen LogP contribution in [0.1, 0.15) is 25.3 Å². The molecule has 0 aliphatic carbocycles. The number of piperidine rings is 1. The number of aromatic amines is 1. The van der Waals surface area contributed by atoms with Gasteiger partial charge in [0, 0.05) is 29.9 Å². The Morgan fingerprint density at radius 2 is 1.90 bits per heavy atom. The van der Waals surface area contributed by atoms with E-state index in [-0.39, 0.29) is 5.41 Å². The zero-order valence-corrected chi connectivity index (χ0v) is 19.2. The highest BCUT2D eigenvalue weighted by Crippen LogP contribution is 2.37. The van der Waals surface area contributed by atoms with Gasteiger partial charge in [0.2, 0.25) is 0 Å². The smallest absolute Gasteiger partial charge is 0.141 e. The predicted molar refractivity (Wildman–Crippen MR) is 127 cm³/mol. The van der Waals surface area contributed by atoms with Crippen LogP contribution in [0, 0.1) is 5.41 Å². The molecule has 3 heterocycles. The Bertz CT molecular complexity index is 953. The molecule has 1 aliphatic heterocycles. The van der Waals surface area contributed by atoms with Gasteiger partial charge in [-0.05, 0) is 56.4 Å². The van der Waals surface area contributed by atoms with Crippen molar-refractivity contribution in [1.82, 2.24) is 19.6 Å². The molecule has 8 heteroatoms. The Balaban J connectivity index is 0.00000132. The number of H-pyrrole nitrogens is 1. The van der Waals surface area contributed by atoms with E-state index < -0.39 is 0 Å². The first-order valence-electron chi connectivity index (χ1n) is 10.4. The number of nitrogens with zero attached hydrogens (tertiary/aromatic N) is 2. The summed E-state index contributed by atoms with van der Waals surface area (Å²) in [5, 5.41) is 13.1. The summed E-state index contributed by atoms with van der Waals surface area (Å²) in [6, 6.07) is 10.7. The van der Waals surface area contributed by atoms with Crippen molar-refractivity contribution in [2.75, 3.05) is 33.0 Å². The van der Waals surface area contributed by atoms with Crippen LogP contribution < -0.4 is 9.46 Å². The van der Waals surface area contributed by atoms with Gasteiger partial charge < -0.3 is 14.6 Å². The number of aromatic nitrogens is 2. The van der Waals surface area contributed by atoms with Crippen LogP contribution in [0.3, 0.4) is 0 Å². The number of likely N-dealkylation sites (tertiary alicyclic amines) is 1. The maximum atomic E-state index is 6.40. The largest absolute Gasteiger partial charge is 0.492 e. The van der Waals surface area contributed by atoms with E-state index >= 15 is 0 Å². The minimum absolute atomic E-state index is 0.227. The lowest BCUT2D eigenvalue weighted by Crippen LogP contribution is -2.39. The molecule has 0 bridgehead atoms. The lowest BCUT2D eigenvalue weighted by molar-refractivity contribution is -0.176. The average Bonchev–Trinajstić information content (AvgIpc) is 3.25. The Hall–Kier alpha value is -2.10. The summed E-state index contributed by atoms with van der Waals surface area (Å²) in [5.41, 5.74) is 4.69. The first-order valence-corrected chi connectivity index (χ1v) is 11.6. The van der Waals surface area contributed by atoms with Crippen molar-refractivity contribution in [3.63, 3.8) is 0 Å². The Morgan fingerprint density at radius 1 is 1.19 bits per heavy atom. The quantitative estimate of drug-likeness (QED) is 0.238. The molecule has 0 unspecified atom stereocenters. The molecule has 31 heavy (non-hydrogen) atoms. The summed E-state index contributed by atoms with van der Waals surface area (Å²) in [7, 11) is 2.20. The zero-order valence-electron chi connectivity index (χ0n) is 18.4. The van der Waals surface area contributed by atoms with Crippen molar-refractivity contribution in [2.45, 2.75) is 26.3 Å². The molecule has 0 saturated carbocycles. The standard InChI is InChI=1S/C23H30N4OS.H2O2/c1-23(9-12-27(2)13-10-23)16-28-20-8-11-24-22-21(20)19(15-25-22)18-6-4-17(5-7-18)14-26-29-3;1-2/h4-8,11,15,26H,9-10,12-14,16H2,1-3H3,(H,24,25);1-2H. The fraction of sp³-hybridized carbons (Fsp3) is 0.435. The topological polar surface area (TPSA) is 93.6 Å². The minimum atomic E-state index is 0.227. The molecule has 2 aromatic heterocycles. The van der Waals surface area contributed by atoms with Crippen molar-refractivity contribution < 1.29 is 15.3 Å². The zero-order chi connectivity index (χ0) is 22.3. The van der Waals surface area contributed by atoms with Gasteiger partial charge in [0.1, 0.15) is 11.4 Å². The average molecular weight is 445 g/mol. The van der Waals surface area contributed by atoms with Crippen LogP contribution in [-0.4, -0.2) is 58.4 Å². The van der Waals surface area contributed by atoms with Gasteiger partial charge in [-0.1, -0.05) is 43.1 Å². The molecular formula is C23H32N4O3S. The van der Waals surface area contributed by atoms with E-state index in [4.69, 9.17) is 15.3 Å². The van der Waals surface area contributed by atoms with Gasteiger partial charge in [0.15, 0.2) is 0 Å². The number of fused-ring (bicyclic) bond motifs is 1. The third-order valence-electron chi connectivity index (χ3n) is 5.99. The molecule has 0 radical (unpaired) electrons. The van der Waals surface area contributed by atoms with E-state index in [2.05, 4.69) is 57.8 Å². The summed E-state index contributed by atoms with van der Waals surface area (Å²) < 4.78 is 9.69. The number of hydrogen-bond acceptors (Lipinski definition) is 7. The summed E-state index contributed by atoms with van der Waals surface area (Å²) in [4.78, 5) is 10.2. The highest BCUT2D eigenvalue weighted by atomic mass is 32.2. The summed E-state index contributed by atoms with van der Waals surface area (Å²) in [6.45, 7) is 6.22. The first kappa shape index (κ1) is 23.6. The second-order valence-corrected chi connectivity index (χ2v) is 9.06. The molecule has 1 aliphatic rings. The minimum Gasteiger partial charge on any atom is -0.492 e. The summed E-state index contributed by atoms with van der Waals surface area (Å²) in [5.74, 6) is 0.916. The molecule has 168 valence electrons. The number of hydrogen-bond donors (Lipinski definition) is 4. The fourth-order valence-electron chi connectivity index (χ4n) is 3.89. The van der Waals surface area contributed by atoms with Crippen LogP contribution in [0.4, 0.5) is 0 Å². The highest BCUT2D eigenvalue weighted by Gasteiger charge is 2.30. The van der Waals surface area contributed by atoms with Gasteiger partial charge in [-0.15, -0.1) is 0 Å². The highest BCUT2D eigenvalue weighted by molar-refractivity contribution is 7.96. The molecule has 4 rings (SSSR count). The molecule has 4 N–H and O–H groups in total. The number of nitrogens with one attached hydrogen (secondary N) is 2. The van der Waals surface area contributed by atoms with E-state index in [1.807, 2.05) is 24.7 Å². The van der Waals surface area contributed by atoms with E-state index in [9.17, 15) is 0 Å². The molecule has 0 amide bonds. The van der Waals surface area contributed by atoms with Gasteiger partial charge in [-0.2, -0.15) is 0 Å². The van der Waals surface area contributed by atoms with Crippen molar-refractivity contribution >= 4 is 23.0 Å². The normalized spacial score (nSPS) is 16.0. The van der Waals surface area contributed by atoms with Gasteiger partial charge in [-0.25, -0.2) is 4.98 Å². The van der Waals surface area contributed by atoms with Crippen molar-refractivity contribution in [3.05, 3.63) is 48.3 Å². The Labute approximate surface area is 187 Å². The van der Waals surface area contributed by atoms with Crippen molar-refractivity contribution in [1.29, 1.82) is 0 Å². The van der Waals surface area contributed by atoms with E-state index in [1.165, 1.54) is 24.0 Å². The first-order chi connectivity index (χ1) is 15.1. The lowest BCUT2D eigenvalue weighted by atomic mass is 9.81. The third kappa shape index (κ3) is 5.78. The maximum absolute atomic E-state index is 6.40. The van der Waals surface area contributed by atoms with Crippen LogP contribution >= 0.6 is 11.9 Å². The Morgan fingerprint density at radius 3 is 2.58 bits per heavy atom. The van der Waals surface area contributed by atoms with Gasteiger partial charge in [-0.3, -0.25) is 15.2 Å². The van der Waals surface area contributed by atoms with Crippen molar-refractivity contribution in [2.24, 2.45) is 5.41 Å². The molecule has 1 fully saturated rings. The molecule has 3 aromatic rings. The second kappa shape index (κ2) is 11.0. The SMILES string of the molecule is CSNCc1ccc(-c2c[nH]c3nccc(OCC4(C)CCN(C)CC4)c23)cc1.OO. The molecule has 7 nitrogen and oxygen atoms in total. The van der Waals surface area contributed by atoms with Gasteiger partial charge in [0.25, 0.3) is 0 Å².